The fraction of sp³-hybridized carbons (Fsp3) is 0.545. The van der Waals surface area contributed by atoms with E-state index in [0.29, 0.717) is 23.8 Å². The normalized spacial score (nSPS) is 22.4. The Hall–Kier alpha value is -1.70. The van der Waals surface area contributed by atoms with Crippen molar-refractivity contribution in [3.8, 4) is 0 Å². The molecule has 7 nitrogen and oxygen atoms in total. The van der Waals surface area contributed by atoms with Gasteiger partial charge in [-0.1, -0.05) is 0 Å². The average molecular weight is 281 g/mol. The first-order chi connectivity index (χ1) is 9.14. The first-order valence-electron chi connectivity index (χ1n) is 6.22. The Bertz CT molecular complexity index is 681. The van der Waals surface area contributed by atoms with Gasteiger partial charge in [-0.2, -0.15) is 5.10 Å². The minimum atomic E-state index is -2.86. The quantitative estimate of drug-likeness (QED) is 0.854. The zero-order valence-corrected chi connectivity index (χ0v) is 11.2. The third-order valence-corrected chi connectivity index (χ3v) is 5.25. The van der Waals surface area contributed by atoms with E-state index in [9.17, 15) is 8.42 Å². The number of aromatic nitrogens is 4. The minimum Gasteiger partial charge on any atom is -0.369 e. The average Bonchev–Trinajstić information content (AvgIpc) is 2.84. The number of fused-ring (bicyclic) bond motifs is 1. The summed E-state index contributed by atoms with van der Waals surface area (Å²) in [6.45, 7) is 0.608. The molecule has 0 saturated carbocycles. The van der Waals surface area contributed by atoms with Crippen molar-refractivity contribution in [2.75, 3.05) is 23.4 Å². The highest BCUT2D eigenvalue weighted by atomic mass is 32.2. The standard InChI is InChI=1S/C11H15N5O2S/c17-19(18)3-1-2-8(6-19)4-12-10-9-5-15-16-11(9)14-7-13-10/h5,7-8H,1-4,6H2,(H2,12,13,14,15,16)/t8-/m0/s1. The van der Waals surface area contributed by atoms with E-state index in [-0.39, 0.29) is 11.7 Å². The zero-order chi connectivity index (χ0) is 13.3. The third kappa shape index (κ3) is 2.67. The molecular formula is C11H15N5O2S. The Morgan fingerprint density at radius 2 is 2.32 bits per heavy atom. The van der Waals surface area contributed by atoms with Crippen molar-refractivity contribution in [3.05, 3.63) is 12.5 Å². The largest absolute Gasteiger partial charge is 0.369 e. The van der Waals surface area contributed by atoms with E-state index in [0.717, 1.165) is 18.2 Å². The van der Waals surface area contributed by atoms with Crippen LogP contribution in [-0.2, 0) is 9.84 Å². The second-order valence-corrected chi connectivity index (χ2v) is 7.09. The van der Waals surface area contributed by atoms with Gasteiger partial charge in [0.2, 0.25) is 0 Å². The molecule has 1 aliphatic heterocycles. The van der Waals surface area contributed by atoms with Crippen LogP contribution in [-0.4, -0.2) is 46.6 Å². The summed E-state index contributed by atoms with van der Waals surface area (Å²) < 4.78 is 23.1. The van der Waals surface area contributed by atoms with Crippen LogP contribution in [0, 0.1) is 5.92 Å². The van der Waals surface area contributed by atoms with Gasteiger partial charge in [0, 0.05) is 6.54 Å². The molecule has 19 heavy (non-hydrogen) atoms. The lowest BCUT2D eigenvalue weighted by Crippen LogP contribution is -2.29. The van der Waals surface area contributed by atoms with E-state index in [1.54, 1.807) is 6.20 Å². The van der Waals surface area contributed by atoms with Crippen molar-refractivity contribution in [2.24, 2.45) is 5.92 Å². The van der Waals surface area contributed by atoms with Crippen LogP contribution in [0.4, 0.5) is 5.82 Å². The van der Waals surface area contributed by atoms with E-state index >= 15 is 0 Å². The van der Waals surface area contributed by atoms with Gasteiger partial charge in [-0.25, -0.2) is 18.4 Å². The number of aromatic amines is 1. The second kappa shape index (κ2) is 4.76. The summed E-state index contributed by atoms with van der Waals surface area (Å²) in [5.41, 5.74) is 0.675. The number of nitrogens with one attached hydrogen (secondary N) is 2. The fourth-order valence-corrected chi connectivity index (χ4v) is 4.20. The summed E-state index contributed by atoms with van der Waals surface area (Å²) in [7, 11) is -2.86. The Morgan fingerprint density at radius 3 is 3.16 bits per heavy atom. The molecule has 1 fully saturated rings. The summed E-state index contributed by atoms with van der Waals surface area (Å²) in [4.78, 5) is 8.22. The summed E-state index contributed by atoms with van der Waals surface area (Å²) >= 11 is 0. The van der Waals surface area contributed by atoms with Crippen LogP contribution in [0.25, 0.3) is 11.0 Å². The van der Waals surface area contributed by atoms with Crippen LogP contribution in [0.3, 0.4) is 0 Å². The molecule has 102 valence electrons. The fourth-order valence-electron chi connectivity index (χ4n) is 2.43. The zero-order valence-electron chi connectivity index (χ0n) is 10.3. The van der Waals surface area contributed by atoms with Crippen LogP contribution in [0.15, 0.2) is 12.5 Å². The molecule has 3 heterocycles. The number of nitrogens with zero attached hydrogens (tertiary/aromatic N) is 3. The van der Waals surface area contributed by atoms with Gasteiger partial charge in [0.25, 0.3) is 0 Å². The number of hydrogen-bond donors (Lipinski definition) is 2. The molecule has 0 radical (unpaired) electrons. The molecule has 0 amide bonds. The van der Waals surface area contributed by atoms with Gasteiger partial charge in [-0.15, -0.1) is 0 Å². The van der Waals surface area contributed by atoms with Crippen LogP contribution >= 0.6 is 0 Å². The highest BCUT2D eigenvalue weighted by Crippen LogP contribution is 2.21. The second-order valence-electron chi connectivity index (χ2n) is 4.86. The molecule has 8 heteroatoms. The number of anilines is 1. The minimum absolute atomic E-state index is 0.149. The topological polar surface area (TPSA) is 101 Å². The van der Waals surface area contributed by atoms with Crippen molar-refractivity contribution in [2.45, 2.75) is 12.8 Å². The monoisotopic (exact) mass is 281 g/mol. The van der Waals surface area contributed by atoms with E-state index in [4.69, 9.17) is 0 Å². The maximum atomic E-state index is 11.6. The molecule has 1 saturated heterocycles. The van der Waals surface area contributed by atoms with E-state index < -0.39 is 9.84 Å². The van der Waals surface area contributed by atoms with Crippen molar-refractivity contribution in [3.63, 3.8) is 0 Å². The number of sulfone groups is 1. The molecular weight excluding hydrogens is 266 g/mol. The predicted octanol–water partition coefficient (Wildman–Crippen LogP) is 0.590. The maximum absolute atomic E-state index is 11.6. The first-order valence-corrected chi connectivity index (χ1v) is 8.04. The number of hydrogen-bond acceptors (Lipinski definition) is 6. The van der Waals surface area contributed by atoms with Crippen LogP contribution < -0.4 is 5.32 Å². The molecule has 0 bridgehead atoms. The lowest BCUT2D eigenvalue weighted by Gasteiger charge is -2.22. The SMILES string of the molecule is O=S1(=O)CCC[C@@H](CNc2ncnc3[nH]ncc23)C1. The lowest BCUT2D eigenvalue weighted by atomic mass is 10.1. The van der Waals surface area contributed by atoms with Crippen LogP contribution in [0.1, 0.15) is 12.8 Å². The van der Waals surface area contributed by atoms with Crippen molar-refractivity contribution in [1.82, 2.24) is 20.2 Å². The molecule has 0 aromatic carbocycles. The smallest absolute Gasteiger partial charge is 0.160 e. The van der Waals surface area contributed by atoms with Crippen LogP contribution in [0.2, 0.25) is 0 Å². The van der Waals surface area contributed by atoms with Crippen molar-refractivity contribution in [1.29, 1.82) is 0 Å². The van der Waals surface area contributed by atoms with Crippen LogP contribution in [0.5, 0.6) is 0 Å². The molecule has 2 aromatic heterocycles. The summed E-state index contributed by atoms with van der Waals surface area (Å²) in [6, 6.07) is 0. The maximum Gasteiger partial charge on any atom is 0.160 e. The Kier molecular flexibility index (Phi) is 3.09. The summed E-state index contributed by atoms with van der Waals surface area (Å²) in [5.74, 6) is 1.43. The van der Waals surface area contributed by atoms with Crippen molar-refractivity contribution >= 4 is 26.7 Å². The Morgan fingerprint density at radius 1 is 1.42 bits per heavy atom. The molecule has 0 spiro atoms. The molecule has 3 rings (SSSR count). The first kappa shape index (κ1) is 12.3. The molecule has 2 aromatic rings. The van der Waals surface area contributed by atoms with Gasteiger partial charge in [0.1, 0.15) is 12.1 Å². The van der Waals surface area contributed by atoms with E-state index in [2.05, 4.69) is 25.5 Å². The van der Waals surface area contributed by atoms with Gasteiger partial charge in [-0.3, -0.25) is 5.10 Å². The van der Waals surface area contributed by atoms with E-state index in [1.165, 1.54) is 6.33 Å². The molecule has 0 aliphatic carbocycles. The van der Waals surface area contributed by atoms with Crippen molar-refractivity contribution < 1.29 is 8.42 Å². The molecule has 0 unspecified atom stereocenters. The number of H-pyrrole nitrogens is 1. The third-order valence-electron chi connectivity index (χ3n) is 3.36. The molecule has 1 atom stereocenters. The highest BCUT2D eigenvalue weighted by molar-refractivity contribution is 7.91. The lowest BCUT2D eigenvalue weighted by molar-refractivity contribution is 0.502. The highest BCUT2D eigenvalue weighted by Gasteiger charge is 2.24. The van der Waals surface area contributed by atoms with E-state index in [1.807, 2.05) is 0 Å². The van der Waals surface area contributed by atoms with Gasteiger partial charge in [0.15, 0.2) is 15.5 Å². The van der Waals surface area contributed by atoms with Gasteiger partial charge >= 0.3 is 0 Å². The molecule has 1 aliphatic rings. The predicted molar refractivity (Wildman–Crippen MR) is 71.6 cm³/mol. The summed E-state index contributed by atoms with van der Waals surface area (Å²) in [5, 5.41) is 10.7. The van der Waals surface area contributed by atoms with Gasteiger partial charge in [-0.05, 0) is 18.8 Å². The Labute approximate surface area is 110 Å². The molecule has 2 N–H and O–H groups in total. The summed E-state index contributed by atoms with van der Waals surface area (Å²) in [6.07, 6.45) is 4.81. The Balaban J connectivity index is 1.71. The number of rotatable bonds is 3. The van der Waals surface area contributed by atoms with Gasteiger partial charge < -0.3 is 5.32 Å². The van der Waals surface area contributed by atoms with Gasteiger partial charge in [0.05, 0.1) is 23.1 Å².